The second-order valence-corrected chi connectivity index (χ2v) is 6.15. The third-order valence-electron chi connectivity index (χ3n) is 3.42. The topological polar surface area (TPSA) is 66.9 Å². The molecule has 25 heavy (non-hydrogen) atoms. The van der Waals surface area contributed by atoms with Gasteiger partial charge >= 0.3 is 0 Å². The van der Waals surface area contributed by atoms with E-state index in [-0.39, 0.29) is 0 Å². The Morgan fingerprint density at radius 3 is 2.16 bits per heavy atom. The number of nitrogens with one attached hydrogen (secondary N) is 2. The van der Waals surface area contributed by atoms with E-state index in [4.69, 9.17) is 23.2 Å². The van der Waals surface area contributed by atoms with Crippen LogP contribution in [0.2, 0.25) is 10.0 Å². The smallest absolute Gasteiger partial charge is 0.258 e. The molecule has 0 aliphatic heterocycles. The molecule has 1 aromatic heterocycles. The molecule has 0 unspecified atom stereocenters. The number of hydrogen-bond donors (Lipinski definition) is 2. The molecule has 0 saturated carbocycles. The molecule has 0 bridgehead atoms. The number of amides is 1. The van der Waals surface area contributed by atoms with Crippen molar-refractivity contribution in [3.63, 3.8) is 0 Å². The van der Waals surface area contributed by atoms with Gasteiger partial charge in [-0.2, -0.15) is 0 Å². The highest BCUT2D eigenvalue weighted by Crippen LogP contribution is 2.30. The number of hydrogen-bond acceptors (Lipinski definition) is 4. The maximum atomic E-state index is 12.3. The van der Waals surface area contributed by atoms with Crippen LogP contribution in [0.4, 0.5) is 17.3 Å². The minimum absolute atomic E-state index is 0.297. The largest absolute Gasteiger partial charge is 0.324 e. The summed E-state index contributed by atoms with van der Waals surface area (Å²) in [4.78, 5) is 20.6. The van der Waals surface area contributed by atoms with Crippen molar-refractivity contribution in [3.05, 3.63) is 76.0 Å². The fraction of sp³-hybridized carbons (Fsp3) is 0.0556. The van der Waals surface area contributed by atoms with Gasteiger partial charge in [-0.1, -0.05) is 47.0 Å². The maximum absolute atomic E-state index is 12.3. The fourth-order valence-electron chi connectivity index (χ4n) is 2.08. The first-order valence-electron chi connectivity index (χ1n) is 7.44. The molecular formula is C18H14Cl2N4O. The Bertz CT molecular complexity index is 876. The van der Waals surface area contributed by atoms with Gasteiger partial charge in [0.15, 0.2) is 0 Å². The second-order valence-electron chi connectivity index (χ2n) is 5.34. The monoisotopic (exact) mass is 372 g/mol. The van der Waals surface area contributed by atoms with E-state index in [0.29, 0.717) is 27.2 Å². The summed E-state index contributed by atoms with van der Waals surface area (Å²) in [5, 5.41) is 6.46. The molecule has 2 N–H and O–H groups in total. The fourth-order valence-corrected chi connectivity index (χ4v) is 2.57. The minimum Gasteiger partial charge on any atom is -0.324 e. The van der Waals surface area contributed by atoms with Gasteiger partial charge in [-0.3, -0.25) is 4.79 Å². The quantitative estimate of drug-likeness (QED) is 0.669. The van der Waals surface area contributed by atoms with Crippen molar-refractivity contribution < 1.29 is 4.79 Å². The van der Waals surface area contributed by atoms with Crippen molar-refractivity contribution >= 4 is 46.4 Å². The number of carbonyl (C=O) groups is 1. The van der Waals surface area contributed by atoms with Crippen molar-refractivity contribution in [1.82, 2.24) is 9.97 Å². The van der Waals surface area contributed by atoms with Crippen molar-refractivity contribution in [2.45, 2.75) is 6.92 Å². The van der Waals surface area contributed by atoms with Gasteiger partial charge in [0.2, 0.25) is 5.95 Å². The van der Waals surface area contributed by atoms with Crippen molar-refractivity contribution in [2.24, 2.45) is 0 Å². The lowest BCUT2D eigenvalue weighted by molar-refractivity contribution is 0.102. The van der Waals surface area contributed by atoms with Crippen LogP contribution in [0.15, 0.2) is 54.9 Å². The molecule has 126 valence electrons. The van der Waals surface area contributed by atoms with Crippen molar-refractivity contribution in [1.29, 1.82) is 0 Å². The highest BCUT2D eigenvalue weighted by Gasteiger charge is 2.12. The Hall–Kier alpha value is -2.63. The van der Waals surface area contributed by atoms with E-state index >= 15 is 0 Å². The van der Waals surface area contributed by atoms with Crippen LogP contribution in [-0.2, 0) is 0 Å². The second kappa shape index (κ2) is 7.51. The highest BCUT2D eigenvalue weighted by molar-refractivity contribution is 6.40. The number of aromatic nitrogens is 2. The molecule has 0 radical (unpaired) electrons. The van der Waals surface area contributed by atoms with Gasteiger partial charge in [0.25, 0.3) is 5.91 Å². The van der Waals surface area contributed by atoms with E-state index in [2.05, 4.69) is 20.6 Å². The van der Waals surface area contributed by atoms with Crippen molar-refractivity contribution in [3.8, 4) is 0 Å². The molecule has 2 aromatic carbocycles. The zero-order valence-corrected chi connectivity index (χ0v) is 14.8. The van der Waals surface area contributed by atoms with Crippen LogP contribution in [0.25, 0.3) is 0 Å². The molecule has 0 aliphatic rings. The lowest BCUT2D eigenvalue weighted by Gasteiger charge is -2.09. The van der Waals surface area contributed by atoms with Gasteiger partial charge in [0.1, 0.15) is 0 Å². The molecule has 0 fully saturated rings. The normalized spacial score (nSPS) is 10.4. The summed E-state index contributed by atoms with van der Waals surface area (Å²) in [6.45, 7) is 2.01. The van der Waals surface area contributed by atoms with Crippen LogP contribution >= 0.6 is 23.2 Å². The number of anilines is 3. The van der Waals surface area contributed by atoms with Gasteiger partial charge in [-0.25, -0.2) is 9.97 Å². The minimum atomic E-state index is -0.392. The number of nitrogens with zero attached hydrogens (tertiary/aromatic N) is 2. The third-order valence-corrected chi connectivity index (χ3v) is 4.05. The Labute approximate surface area is 155 Å². The molecule has 3 aromatic rings. The van der Waals surface area contributed by atoms with Gasteiger partial charge < -0.3 is 10.6 Å². The first-order chi connectivity index (χ1) is 12.0. The Morgan fingerprint density at radius 2 is 1.56 bits per heavy atom. The SMILES string of the molecule is Cc1ccc(Nc2ncc(C(=O)Nc3c(Cl)cccc3Cl)cn2)cc1. The summed E-state index contributed by atoms with van der Waals surface area (Å²) in [5.41, 5.74) is 2.69. The molecule has 0 spiro atoms. The Balaban J connectivity index is 1.71. The van der Waals surface area contributed by atoms with E-state index in [0.717, 1.165) is 11.3 Å². The zero-order chi connectivity index (χ0) is 17.8. The summed E-state index contributed by atoms with van der Waals surface area (Å²) in [5.74, 6) is 0.00747. The van der Waals surface area contributed by atoms with Crippen LogP contribution < -0.4 is 10.6 Å². The maximum Gasteiger partial charge on any atom is 0.258 e. The Kier molecular flexibility index (Phi) is 5.16. The van der Waals surface area contributed by atoms with Crippen LogP contribution in [0.1, 0.15) is 15.9 Å². The van der Waals surface area contributed by atoms with E-state index in [9.17, 15) is 4.79 Å². The molecule has 0 aliphatic carbocycles. The number of para-hydroxylation sites is 1. The number of halogens is 2. The lowest BCUT2D eigenvalue weighted by Crippen LogP contribution is -2.13. The van der Waals surface area contributed by atoms with E-state index < -0.39 is 5.91 Å². The molecular weight excluding hydrogens is 359 g/mol. The average molecular weight is 373 g/mol. The van der Waals surface area contributed by atoms with Gasteiger partial charge in [0, 0.05) is 18.1 Å². The molecule has 7 heteroatoms. The van der Waals surface area contributed by atoms with Gasteiger partial charge in [-0.15, -0.1) is 0 Å². The van der Waals surface area contributed by atoms with Gasteiger partial charge in [0.05, 0.1) is 21.3 Å². The lowest BCUT2D eigenvalue weighted by atomic mass is 10.2. The molecule has 5 nitrogen and oxygen atoms in total. The summed E-state index contributed by atoms with van der Waals surface area (Å²) < 4.78 is 0. The summed E-state index contributed by atoms with van der Waals surface area (Å²) in [6, 6.07) is 12.8. The van der Waals surface area contributed by atoms with E-state index in [1.54, 1.807) is 18.2 Å². The standard InChI is InChI=1S/C18H14Cl2N4O/c1-11-5-7-13(8-6-11)23-18-21-9-12(10-22-18)17(25)24-16-14(19)3-2-4-15(16)20/h2-10H,1H3,(H,24,25)(H,21,22,23). The summed E-state index contributed by atoms with van der Waals surface area (Å²) >= 11 is 12.1. The molecule has 1 amide bonds. The molecule has 3 rings (SSSR count). The van der Waals surface area contributed by atoms with Crippen LogP contribution in [0.3, 0.4) is 0 Å². The summed E-state index contributed by atoms with van der Waals surface area (Å²) in [7, 11) is 0. The van der Waals surface area contributed by atoms with E-state index in [1.165, 1.54) is 12.4 Å². The zero-order valence-electron chi connectivity index (χ0n) is 13.3. The predicted molar refractivity (Wildman–Crippen MR) is 101 cm³/mol. The average Bonchev–Trinajstić information content (AvgIpc) is 2.61. The number of carbonyl (C=O) groups excluding carboxylic acids is 1. The predicted octanol–water partition coefficient (Wildman–Crippen LogP) is 5.09. The third kappa shape index (κ3) is 4.26. The number of benzene rings is 2. The summed E-state index contributed by atoms with van der Waals surface area (Å²) in [6.07, 6.45) is 2.87. The number of rotatable bonds is 4. The highest BCUT2D eigenvalue weighted by atomic mass is 35.5. The van der Waals surface area contributed by atoms with Gasteiger partial charge in [-0.05, 0) is 31.2 Å². The number of aryl methyl sites for hydroxylation is 1. The molecule has 0 atom stereocenters. The van der Waals surface area contributed by atoms with E-state index in [1.807, 2.05) is 31.2 Å². The van der Waals surface area contributed by atoms with Crippen LogP contribution in [0, 0.1) is 6.92 Å². The first-order valence-corrected chi connectivity index (χ1v) is 8.19. The molecule has 1 heterocycles. The van der Waals surface area contributed by atoms with Crippen LogP contribution in [-0.4, -0.2) is 15.9 Å². The molecule has 0 saturated heterocycles. The first kappa shape index (κ1) is 17.2. The van der Waals surface area contributed by atoms with Crippen LogP contribution in [0.5, 0.6) is 0 Å². The van der Waals surface area contributed by atoms with Crippen molar-refractivity contribution in [2.75, 3.05) is 10.6 Å². The Morgan fingerprint density at radius 1 is 0.960 bits per heavy atom.